The summed E-state index contributed by atoms with van der Waals surface area (Å²) in [6, 6.07) is 7.75. The van der Waals surface area contributed by atoms with Gasteiger partial charge in [0, 0.05) is 17.6 Å². The standard InChI is InChI=1S/C17H18N2O3S/c1-11-14(12-5-4-6-13(9-12)22-3)15-16(23-11)18-10-19(17(15)20)7-8-21-2/h4-6,9-10H,7-8H2,1-3H3. The Hall–Kier alpha value is -2.18. The highest BCUT2D eigenvalue weighted by atomic mass is 32.1. The van der Waals surface area contributed by atoms with Crippen molar-refractivity contribution in [3.63, 3.8) is 0 Å². The SMILES string of the molecule is COCCn1cnc2sc(C)c(-c3cccc(OC)c3)c2c1=O. The van der Waals surface area contributed by atoms with Crippen LogP contribution in [-0.4, -0.2) is 30.4 Å². The quantitative estimate of drug-likeness (QED) is 0.721. The Morgan fingerprint density at radius 1 is 1.30 bits per heavy atom. The smallest absolute Gasteiger partial charge is 0.262 e. The maximum absolute atomic E-state index is 12.8. The fourth-order valence-corrected chi connectivity index (χ4v) is 3.62. The molecule has 2 aromatic heterocycles. The molecule has 0 saturated carbocycles. The molecule has 0 atom stereocenters. The van der Waals surface area contributed by atoms with Crippen molar-refractivity contribution in [2.24, 2.45) is 0 Å². The van der Waals surface area contributed by atoms with E-state index in [2.05, 4.69) is 4.98 Å². The Morgan fingerprint density at radius 3 is 2.87 bits per heavy atom. The average Bonchev–Trinajstić information content (AvgIpc) is 2.91. The van der Waals surface area contributed by atoms with Crippen LogP contribution in [0.15, 0.2) is 35.4 Å². The third kappa shape index (κ3) is 2.87. The number of aromatic nitrogens is 2. The van der Waals surface area contributed by atoms with Gasteiger partial charge in [0.15, 0.2) is 0 Å². The Morgan fingerprint density at radius 2 is 2.13 bits per heavy atom. The van der Waals surface area contributed by atoms with Gasteiger partial charge in [-0.25, -0.2) is 4.98 Å². The van der Waals surface area contributed by atoms with Crippen LogP contribution >= 0.6 is 11.3 Å². The monoisotopic (exact) mass is 330 g/mol. The number of hydrogen-bond acceptors (Lipinski definition) is 5. The van der Waals surface area contributed by atoms with Gasteiger partial charge in [0.2, 0.25) is 0 Å². The molecule has 1 aromatic carbocycles. The molecule has 120 valence electrons. The molecule has 0 amide bonds. The lowest BCUT2D eigenvalue weighted by molar-refractivity contribution is 0.186. The van der Waals surface area contributed by atoms with E-state index in [1.54, 1.807) is 25.1 Å². The minimum atomic E-state index is -0.0331. The molecular weight excluding hydrogens is 312 g/mol. The molecule has 0 unspecified atom stereocenters. The summed E-state index contributed by atoms with van der Waals surface area (Å²) < 4.78 is 12.0. The van der Waals surface area contributed by atoms with E-state index in [9.17, 15) is 4.79 Å². The number of thiophene rings is 1. The Labute approximate surface area is 138 Å². The van der Waals surface area contributed by atoms with Crippen molar-refractivity contribution in [3.05, 3.63) is 45.8 Å². The molecule has 0 N–H and O–H groups in total. The second-order valence-corrected chi connectivity index (χ2v) is 6.38. The van der Waals surface area contributed by atoms with Gasteiger partial charge in [-0.3, -0.25) is 9.36 Å². The zero-order valence-electron chi connectivity index (χ0n) is 13.3. The third-order valence-electron chi connectivity index (χ3n) is 3.75. The minimum absolute atomic E-state index is 0.0331. The predicted molar refractivity (Wildman–Crippen MR) is 92.5 cm³/mol. The van der Waals surface area contributed by atoms with Crippen LogP contribution in [0, 0.1) is 6.92 Å². The van der Waals surface area contributed by atoms with E-state index < -0.39 is 0 Å². The van der Waals surface area contributed by atoms with E-state index in [1.807, 2.05) is 31.2 Å². The molecule has 2 heterocycles. The molecule has 0 aliphatic rings. The number of nitrogens with zero attached hydrogens (tertiary/aromatic N) is 2. The number of rotatable bonds is 5. The lowest BCUT2D eigenvalue weighted by Gasteiger charge is -2.07. The number of benzene rings is 1. The van der Waals surface area contributed by atoms with Gasteiger partial charge in [-0.05, 0) is 24.6 Å². The molecule has 5 nitrogen and oxygen atoms in total. The van der Waals surface area contributed by atoms with Crippen LogP contribution in [0.3, 0.4) is 0 Å². The maximum atomic E-state index is 12.8. The summed E-state index contributed by atoms with van der Waals surface area (Å²) in [7, 11) is 3.25. The van der Waals surface area contributed by atoms with Crippen LogP contribution in [0.4, 0.5) is 0 Å². The second-order valence-electron chi connectivity index (χ2n) is 5.18. The first-order valence-electron chi connectivity index (χ1n) is 7.27. The third-order valence-corrected chi connectivity index (χ3v) is 4.76. The van der Waals surface area contributed by atoms with E-state index >= 15 is 0 Å². The van der Waals surface area contributed by atoms with Crippen LogP contribution in [0.1, 0.15) is 4.88 Å². The summed E-state index contributed by atoms with van der Waals surface area (Å²) in [5.74, 6) is 0.768. The average molecular weight is 330 g/mol. The molecule has 0 saturated heterocycles. The van der Waals surface area contributed by atoms with Crippen molar-refractivity contribution in [3.8, 4) is 16.9 Å². The Kier molecular flexibility index (Phi) is 4.45. The van der Waals surface area contributed by atoms with Crippen molar-refractivity contribution in [1.29, 1.82) is 0 Å². The molecule has 0 aliphatic heterocycles. The first-order chi connectivity index (χ1) is 11.2. The highest BCUT2D eigenvalue weighted by molar-refractivity contribution is 7.19. The summed E-state index contributed by atoms with van der Waals surface area (Å²) in [5, 5.41) is 0.666. The van der Waals surface area contributed by atoms with Crippen LogP contribution in [0.5, 0.6) is 5.75 Å². The first-order valence-corrected chi connectivity index (χ1v) is 8.09. The summed E-state index contributed by atoms with van der Waals surface area (Å²) in [4.78, 5) is 19.1. The van der Waals surface area contributed by atoms with Crippen molar-refractivity contribution in [2.45, 2.75) is 13.5 Å². The van der Waals surface area contributed by atoms with Crippen molar-refractivity contribution < 1.29 is 9.47 Å². The topological polar surface area (TPSA) is 53.4 Å². The highest BCUT2D eigenvalue weighted by Crippen LogP contribution is 2.36. The summed E-state index contributed by atoms with van der Waals surface area (Å²) in [6.07, 6.45) is 1.59. The van der Waals surface area contributed by atoms with Gasteiger partial charge in [-0.1, -0.05) is 12.1 Å². The molecular formula is C17H18N2O3S. The molecule has 0 fully saturated rings. The van der Waals surface area contributed by atoms with Crippen LogP contribution in [0.25, 0.3) is 21.3 Å². The number of aryl methyl sites for hydroxylation is 1. The van der Waals surface area contributed by atoms with Gasteiger partial charge in [0.05, 0.1) is 32.0 Å². The summed E-state index contributed by atoms with van der Waals surface area (Å²) in [6.45, 7) is 2.98. The predicted octanol–water partition coefficient (Wildman–Crippen LogP) is 3.09. The van der Waals surface area contributed by atoms with Gasteiger partial charge in [0.25, 0.3) is 5.56 Å². The Balaban J connectivity index is 2.23. The van der Waals surface area contributed by atoms with Crippen molar-refractivity contribution >= 4 is 21.6 Å². The van der Waals surface area contributed by atoms with E-state index in [0.29, 0.717) is 18.5 Å². The van der Waals surface area contributed by atoms with Gasteiger partial charge in [0.1, 0.15) is 10.6 Å². The number of ether oxygens (including phenoxy) is 2. The second kappa shape index (κ2) is 6.52. The Bertz CT molecular complexity index is 898. The van der Waals surface area contributed by atoms with E-state index in [-0.39, 0.29) is 5.56 Å². The maximum Gasteiger partial charge on any atom is 0.262 e. The zero-order chi connectivity index (χ0) is 16.4. The normalized spacial score (nSPS) is 11.1. The minimum Gasteiger partial charge on any atom is -0.497 e. The summed E-state index contributed by atoms with van der Waals surface area (Å²) >= 11 is 1.54. The van der Waals surface area contributed by atoms with E-state index in [0.717, 1.165) is 26.6 Å². The lowest BCUT2D eigenvalue weighted by atomic mass is 10.0. The fraction of sp³-hybridized carbons (Fsp3) is 0.294. The van der Waals surface area contributed by atoms with E-state index in [1.165, 1.54) is 11.3 Å². The summed E-state index contributed by atoms with van der Waals surface area (Å²) in [5.41, 5.74) is 1.87. The fourth-order valence-electron chi connectivity index (χ4n) is 2.61. The molecule has 6 heteroatoms. The van der Waals surface area contributed by atoms with Crippen molar-refractivity contribution in [2.75, 3.05) is 20.8 Å². The highest BCUT2D eigenvalue weighted by Gasteiger charge is 2.17. The lowest BCUT2D eigenvalue weighted by Crippen LogP contribution is -2.22. The van der Waals surface area contributed by atoms with Crippen LogP contribution in [0.2, 0.25) is 0 Å². The largest absolute Gasteiger partial charge is 0.497 e. The first kappa shape index (κ1) is 15.7. The van der Waals surface area contributed by atoms with Crippen molar-refractivity contribution in [1.82, 2.24) is 9.55 Å². The number of methoxy groups -OCH3 is 2. The zero-order valence-corrected chi connectivity index (χ0v) is 14.1. The van der Waals surface area contributed by atoms with Gasteiger partial charge >= 0.3 is 0 Å². The van der Waals surface area contributed by atoms with Gasteiger partial charge < -0.3 is 9.47 Å². The molecule has 3 aromatic rings. The molecule has 23 heavy (non-hydrogen) atoms. The molecule has 0 aliphatic carbocycles. The number of fused-ring (bicyclic) bond motifs is 1. The molecule has 0 bridgehead atoms. The number of hydrogen-bond donors (Lipinski definition) is 0. The van der Waals surface area contributed by atoms with Gasteiger partial charge in [-0.15, -0.1) is 11.3 Å². The van der Waals surface area contributed by atoms with Crippen LogP contribution in [-0.2, 0) is 11.3 Å². The van der Waals surface area contributed by atoms with E-state index in [4.69, 9.17) is 9.47 Å². The van der Waals surface area contributed by atoms with Crippen LogP contribution < -0.4 is 10.3 Å². The molecule has 3 rings (SSSR count). The molecule has 0 spiro atoms. The molecule has 0 radical (unpaired) electrons. The van der Waals surface area contributed by atoms with Gasteiger partial charge in [-0.2, -0.15) is 0 Å².